The first-order chi connectivity index (χ1) is 12.8. The highest BCUT2D eigenvalue weighted by atomic mass is 32.2. The van der Waals surface area contributed by atoms with Crippen molar-refractivity contribution in [2.75, 3.05) is 18.4 Å². The number of carbonyl (C=O) groups is 1. The van der Waals surface area contributed by atoms with Gasteiger partial charge in [0.25, 0.3) is 0 Å². The van der Waals surface area contributed by atoms with Gasteiger partial charge in [-0.05, 0) is 61.4 Å². The fourth-order valence-electron chi connectivity index (χ4n) is 2.96. The maximum atomic E-state index is 12.9. The Kier molecular flexibility index (Phi) is 5.76. The second-order valence-corrected chi connectivity index (χ2v) is 8.32. The highest BCUT2D eigenvalue weighted by molar-refractivity contribution is 7.89. The van der Waals surface area contributed by atoms with Crippen molar-refractivity contribution in [1.29, 1.82) is 0 Å². The Morgan fingerprint density at radius 2 is 1.67 bits per heavy atom. The standard InChI is InChI=1S/C19H21FN2O4S/c1-14(23)21-16-4-8-19(9-5-16)27(24,25)22-12-10-18(11-13-22)26-17-6-2-15(20)3-7-17/h2-9,18H,10-13H2,1H3,(H,21,23). The Hall–Kier alpha value is -2.45. The smallest absolute Gasteiger partial charge is 0.243 e. The molecular formula is C19H21FN2O4S. The zero-order valence-corrected chi connectivity index (χ0v) is 15.7. The first kappa shape index (κ1) is 19.3. The van der Waals surface area contributed by atoms with Crippen LogP contribution >= 0.6 is 0 Å². The minimum absolute atomic E-state index is 0.107. The largest absolute Gasteiger partial charge is 0.490 e. The lowest BCUT2D eigenvalue weighted by Gasteiger charge is -2.31. The molecule has 0 spiro atoms. The van der Waals surface area contributed by atoms with E-state index in [9.17, 15) is 17.6 Å². The number of hydrogen-bond donors (Lipinski definition) is 1. The van der Waals surface area contributed by atoms with Crippen LogP contribution in [0.5, 0.6) is 5.75 Å². The third-order valence-electron chi connectivity index (χ3n) is 4.33. The van der Waals surface area contributed by atoms with E-state index >= 15 is 0 Å². The molecule has 0 bridgehead atoms. The minimum Gasteiger partial charge on any atom is -0.490 e. The van der Waals surface area contributed by atoms with Crippen LogP contribution in [0.3, 0.4) is 0 Å². The van der Waals surface area contributed by atoms with Crippen molar-refractivity contribution in [3.8, 4) is 5.75 Å². The molecule has 1 heterocycles. The summed E-state index contributed by atoms with van der Waals surface area (Å²) in [5.74, 6) is 0.0351. The third kappa shape index (κ3) is 4.84. The summed E-state index contributed by atoms with van der Waals surface area (Å²) in [6.45, 7) is 2.09. The molecule has 8 heteroatoms. The number of nitrogens with zero attached hydrogens (tertiary/aromatic N) is 1. The molecule has 3 rings (SSSR count). The van der Waals surface area contributed by atoms with E-state index in [0.717, 1.165) is 0 Å². The lowest BCUT2D eigenvalue weighted by Crippen LogP contribution is -2.41. The zero-order valence-electron chi connectivity index (χ0n) is 14.9. The molecular weight excluding hydrogens is 371 g/mol. The van der Waals surface area contributed by atoms with Crippen molar-refractivity contribution >= 4 is 21.6 Å². The number of benzene rings is 2. The van der Waals surface area contributed by atoms with E-state index in [0.29, 0.717) is 37.4 Å². The summed E-state index contributed by atoms with van der Waals surface area (Å²) in [6.07, 6.45) is 1.00. The Balaban J connectivity index is 1.60. The van der Waals surface area contributed by atoms with E-state index in [2.05, 4.69) is 5.32 Å². The average molecular weight is 392 g/mol. The highest BCUT2D eigenvalue weighted by Crippen LogP contribution is 2.24. The van der Waals surface area contributed by atoms with Gasteiger partial charge in [-0.2, -0.15) is 4.31 Å². The van der Waals surface area contributed by atoms with Gasteiger partial charge in [-0.25, -0.2) is 12.8 Å². The molecule has 1 saturated heterocycles. The van der Waals surface area contributed by atoms with Crippen LogP contribution in [0.1, 0.15) is 19.8 Å². The molecule has 0 atom stereocenters. The summed E-state index contributed by atoms with van der Waals surface area (Å²) >= 11 is 0. The summed E-state index contributed by atoms with van der Waals surface area (Å²) in [5, 5.41) is 2.61. The number of piperidine rings is 1. The summed E-state index contributed by atoms with van der Waals surface area (Å²) in [6, 6.07) is 11.9. The van der Waals surface area contributed by atoms with E-state index in [1.807, 2.05) is 0 Å². The van der Waals surface area contributed by atoms with Crippen molar-refractivity contribution in [3.05, 3.63) is 54.3 Å². The van der Waals surface area contributed by atoms with E-state index in [4.69, 9.17) is 4.74 Å². The van der Waals surface area contributed by atoms with Crippen LogP contribution in [0.4, 0.5) is 10.1 Å². The van der Waals surface area contributed by atoms with Crippen LogP contribution in [-0.4, -0.2) is 37.8 Å². The minimum atomic E-state index is -3.59. The molecule has 1 aliphatic rings. The van der Waals surface area contributed by atoms with Crippen LogP contribution in [0.2, 0.25) is 0 Å². The first-order valence-corrected chi connectivity index (χ1v) is 10.1. The predicted octanol–water partition coefficient (Wildman–Crippen LogP) is 3.02. The van der Waals surface area contributed by atoms with Gasteiger partial charge in [0.2, 0.25) is 15.9 Å². The van der Waals surface area contributed by atoms with Crippen LogP contribution < -0.4 is 10.1 Å². The van der Waals surface area contributed by atoms with Crippen molar-refractivity contribution < 1.29 is 22.3 Å². The molecule has 0 saturated carbocycles. The fourth-order valence-corrected chi connectivity index (χ4v) is 4.43. The molecule has 1 aliphatic heterocycles. The number of amides is 1. The van der Waals surface area contributed by atoms with Gasteiger partial charge in [0, 0.05) is 25.7 Å². The van der Waals surface area contributed by atoms with Gasteiger partial charge in [-0.15, -0.1) is 0 Å². The summed E-state index contributed by atoms with van der Waals surface area (Å²) in [7, 11) is -3.59. The first-order valence-electron chi connectivity index (χ1n) is 8.64. The van der Waals surface area contributed by atoms with Gasteiger partial charge in [0.05, 0.1) is 4.90 Å². The number of ether oxygens (including phenoxy) is 1. The van der Waals surface area contributed by atoms with Crippen LogP contribution in [0.25, 0.3) is 0 Å². The lowest BCUT2D eigenvalue weighted by atomic mass is 10.1. The van der Waals surface area contributed by atoms with Crippen molar-refractivity contribution in [2.45, 2.75) is 30.8 Å². The van der Waals surface area contributed by atoms with Gasteiger partial charge in [-0.1, -0.05) is 0 Å². The monoisotopic (exact) mass is 392 g/mol. The maximum Gasteiger partial charge on any atom is 0.243 e. The molecule has 0 radical (unpaired) electrons. The second kappa shape index (κ2) is 8.06. The number of nitrogens with one attached hydrogen (secondary N) is 1. The van der Waals surface area contributed by atoms with E-state index < -0.39 is 10.0 Å². The van der Waals surface area contributed by atoms with Crippen molar-refractivity contribution in [1.82, 2.24) is 4.31 Å². The van der Waals surface area contributed by atoms with E-state index in [1.165, 1.54) is 35.5 Å². The molecule has 0 aromatic heterocycles. The zero-order chi connectivity index (χ0) is 19.4. The van der Waals surface area contributed by atoms with Gasteiger partial charge < -0.3 is 10.1 Å². The number of sulfonamides is 1. The van der Waals surface area contributed by atoms with Crippen LogP contribution in [0, 0.1) is 5.82 Å². The van der Waals surface area contributed by atoms with Gasteiger partial charge in [-0.3, -0.25) is 4.79 Å². The number of hydrogen-bond acceptors (Lipinski definition) is 4. The summed E-state index contributed by atoms with van der Waals surface area (Å²) in [4.78, 5) is 11.2. The van der Waals surface area contributed by atoms with Gasteiger partial charge in [0.15, 0.2) is 0 Å². The molecule has 2 aromatic rings. The normalized spacial score (nSPS) is 16.1. The summed E-state index contributed by atoms with van der Waals surface area (Å²) < 4.78 is 45.7. The maximum absolute atomic E-state index is 12.9. The Labute approximate surface area is 158 Å². The van der Waals surface area contributed by atoms with Crippen molar-refractivity contribution in [3.63, 3.8) is 0 Å². The molecule has 1 amide bonds. The molecule has 2 aromatic carbocycles. The average Bonchev–Trinajstić information content (AvgIpc) is 2.64. The Morgan fingerprint density at radius 3 is 2.22 bits per heavy atom. The molecule has 0 aliphatic carbocycles. The molecule has 144 valence electrons. The van der Waals surface area contributed by atoms with Gasteiger partial charge >= 0.3 is 0 Å². The number of carbonyl (C=O) groups excluding carboxylic acids is 1. The SMILES string of the molecule is CC(=O)Nc1ccc(S(=O)(=O)N2CCC(Oc3ccc(F)cc3)CC2)cc1. The molecule has 0 unspecified atom stereocenters. The molecule has 1 N–H and O–H groups in total. The third-order valence-corrected chi connectivity index (χ3v) is 6.24. The fraction of sp³-hybridized carbons (Fsp3) is 0.316. The molecule has 1 fully saturated rings. The molecule has 6 nitrogen and oxygen atoms in total. The highest BCUT2D eigenvalue weighted by Gasteiger charge is 2.30. The number of anilines is 1. The van der Waals surface area contributed by atoms with E-state index in [1.54, 1.807) is 24.3 Å². The van der Waals surface area contributed by atoms with Gasteiger partial charge in [0.1, 0.15) is 17.7 Å². The Bertz CT molecular complexity index is 890. The topological polar surface area (TPSA) is 75.7 Å². The lowest BCUT2D eigenvalue weighted by molar-refractivity contribution is -0.114. The van der Waals surface area contributed by atoms with Crippen LogP contribution in [-0.2, 0) is 14.8 Å². The predicted molar refractivity (Wildman–Crippen MR) is 99.6 cm³/mol. The second-order valence-electron chi connectivity index (χ2n) is 6.38. The number of halogens is 1. The quantitative estimate of drug-likeness (QED) is 0.849. The Morgan fingerprint density at radius 1 is 1.07 bits per heavy atom. The summed E-state index contributed by atoms with van der Waals surface area (Å²) in [5.41, 5.74) is 0.549. The van der Waals surface area contributed by atoms with E-state index in [-0.39, 0.29) is 22.7 Å². The van der Waals surface area contributed by atoms with Crippen LogP contribution in [0.15, 0.2) is 53.4 Å². The molecule has 27 heavy (non-hydrogen) atoms. The number of rotatable bonds is 5. The van der Waals surface area contributed by atoms with Crippen molar-refractivity contribution in [2.24, 2.45) is 0 Å².